The summed E-state index contributed by atoms with van der Waals surface area (Å²) in [5.74, 6) is 0.403. The first kappa shape index (κ1) is 31.4. The number of benzene rings is 4. The minimum Gasteiger partial charge on any atom is -0.493 e. The van der Waals surface area contributed by atoms with Gasteiger partial charge in [-0.2, -0.15) is 5.10 Å². The fourth-order valence-corrected chi connectivity index (χ4v) is 4.48. The molecule has 0 bridgehead atoms. The predicted octanol–water partition coefficient (Wildman–Crippen LogP) is 6.23. The maximum absolute atomic E-state index is 13.2. The third-order valence-corrected chi connectivity index (χ3v) is 6.83. The molecular formula is C33H31Cl2N3O5. The molecule has 0 unspecified atom stereocenters. The molecule has 4 rings (SSSR count). The van der Waals surface area contributed by atoms with Gasteiger partial charge in [-0.1, -0.05) is 83.9 Å². The minimum absolute atomic E-state index is 0.240. The number of ether oxygens (including phenoxy) is 3. The van der Waals surface area contributed by atoms with Crippen LogP contribution in [0.1, 0.15) is 23.6 Å². The molecule has 0 fully saturated rings. The van der Waals surface area contributed by atoms with Crippen molar-refractivity contribution >= 4 is 41.2 Å². The van der Waals surface area contributed by atoms with E-state index in [-0.39, 0.29) is 11.4 Å². The van der Waals surface area contributed by atoms with E-state index in [4.69, 9.17) is 37.4 Å². The summed E-state index contributed by atoms with van der Waals surface area (Å²) in [7, 11) is 1.55. The molecule has 0 spiro atoms. The molecule has 2 N–H and O–H groups in total. The molecule has 0 saturated heterocycles. The number of methoxy groups -OCH3 is 1. The second kappa shape index (κ2) is 15.6. The third-order valence-electron chi connectivity index (χ3n) is 6.30. The number of carbonyl (C=O) groups is 2. The SMILES string of the molecule is COc1cc(/C=N\NC(=O)[C@@H](Cc2ccccc2)NC(=O)[C@@H](C)Oc2ccc(Cl)cc2Cl)ccc1OCc1ccccc1. The average Bonchev–Trinajstić information content (AvgIpc) is 3.02. The van der Waals surface area contributed by atoms with E-state index >= 15 is 0 Å². The first-order chi connectivity index (χ1) is 20.8. The molecule has 222 valence electrons. The van der Waals surface area contributed by atoms with E-state index in [0.717, 1.165) is 11.1 Å². The van der Waals surface area contributed by atoms with E-state index in [1.807, 2.05) is 60.7 Å². The topological polar surface area (TPSA) is 98.2 Å². The van der Waals surface area contributed by atoms with Gasteiger partial charge < -0.3 is 19.5 Å². The fourth-order valence-electron chi connectivity index (χ4n) is 4.03. The van der Waals surface area contributed by atoms with Gasteiger partial charge >= 0.3 is 0 Å². The summed E-state index contributed by atoms with van der Waals surface area (Å²) >= 11 is 12.1. The van der Waals surface area contributed by atoms with Gasteiger partial charge in [0.2, 0.25) is 0 Å². The maximum Gasteiger partial charge on any atom is 0.262 e. The normalized spacial score (nSPS) is 12.3. The molecule has 0 radical (unpaired) electrons. The molecule has 0 aromatic heterocycles. The summed E-state index contributed by atoms with van der Waals surface area (Å²) in [6.45, 7) is 1.96. The molecule has 4 aromatic rings. The van der Waals surface area contributed by atoms with Gasteiger partial charge in [-0.15, -0.1) is 0 Å². The Kier molecular flexibility index (Phi) is 11.4. The van der Waals surface area contributed by atoms with Gasteiger partial charge in [-0.05, 0) is 60.0 Å². The highest BCUT2D eigenvalue weighted by atomic mass is 35.5. The van der Waals surface area contributed by atoms with Crippen LogP contribution in [0.2, 0.25) is 10.0 Å². The lowest BCUT2D eigenvalue weighted by molar-refractivity contribution is -0.132. The summed E-state index contributed by atoms with van der Waals surface area (Å²) in [6.07, 6.45) is 0.782. The van der Waals surface area contributed by atoms with Gasteiger partial charge in [-0.3, -0.25) is 9.59 Å². The number of carbonyl (C=O) groups excluding carboxylic acids is 2. The summed E-state index contributed by atoms with van der Waals surface area (Å²) < 4.78 is 17.1. The van der Waals surface area contributed by atoms with Crippen molar-refractivity contribution in [3.05, 3.63) is 124 Å². The number of hydrazone groups is 1. The highest BCUT2D eigenvalue weighted by molar-refractivity contribution is 6.35. The van der Waals surface area contributed by atoms with Crippen LogP contribution in [-0.4, -0.2) is 37.3 Å². The first-order valence-electron chi connectivity index (χ1n) is 13.5. The number of hydrogen-bond donors (Lipinski definition) is 2. The molecule has 8 nitrogen and oxygen atoms in total. The van der Waals surface area contributed by atoms with Crippen LogP contribution in [0.5, 0.6) is 17.2 Å². The first-order valence-corrected chi connectivity index (χ1v) is 14.2. The van der Waals surface area contributed by atoms with E-state index in [1.165, 1.54) is 12.3 Å². The van der Waals surface area contributed by atoms with Crippen LogP contribution in [0.4, 0.5) is 0 Å². The van der Waals surface area contributed by atoms with Gasteiger partial charge in [0.25, 0.3) is 11.8 Å². The van der Waals surface area contributed by atoms with Crippen molar-refractivity contribution in [1.82, 2.24) is 10.7 Å². The number of nitrogens with one attached hydrogen (secondary N) is 2. The van der Waals surface area contributed by atoms with Gasteiger partial charge in [0.05, 0.1) is 18.3 Å². The van der Waals surface area contributed by atoms with E-state index < -0.39 is 24.0 Å². The number of halogens is 2. The Hall–Kier alpha value is -4.53. The summed E-state index contributed by atoms with van der Waals surface area (Å²) in [6, 6.07) is 28.2. The van der Waals surface area contributed by atoms with Crippen molar-refractivity contribution in [2.75, 3.05) is 7.11 Å². The average molecular weight is 621 g/mol. The van der Waals surface area contributed by atoms with Crippen molar-refractivity contribution in [3.8, 4) is 17.2 Å². The van der Waals surface area contributed by atoms with E-state index in [0.29, 0.717) is 34.4 Å². The lowest BCUT2D eigenvalue weighted by Gasteiger charge is -2.21. The zero-order valence-corrected chi connectivity index (χ0v) is 25.1. The largest absolute Gasteiger partial charge is 0.493 e. The number of rotatable bonds is 13. The second-order valence-electron chi connectivity index (χ2n) is 9.50. The van der Waals surface area contributed by atoms with Crippen LogP contribution in [0, 0.1) is 0 Å². The van der Waals surface area contributed by atoms with Gasteiger partial charge in [-0.25, -0.2) is 5.43 Å². The van der Waals surface area contributed by atoms with Crippen molar-refractivity contribution in [3.63, 3.8) is 0 Å². The highest BCUT2D eigenvalue weighted by Crippen LogP contribution is 2.29. The molecule has 4 aromatic carbocycles. The summed E-state index contributed by atoms with van der Waals surface area (Å²) in [4.78, 5) is 26.2. The Morgan fingerprint density at radius 2 is 1.51 bits per heavy atom. The summed E-state index contributed by atoms with van der Waals surface area (Å²) in [5.41, 5.74) is 5.09. The Labute approximate surface area is 260 Å². The molecule has 2 amide bonds. The Morgan fingerprint density at radius 3 is 2.19 bits per heavy atom. The molecule has 0 aliphatic rings. The zero-order chi connectivity index (χ0) is 30.6. The van der Waals surface area contributed by atoms with Crippen LogP contribution >= 0.6 is 23.2 Å². The maximum atomic E-state index is 13.2. The highest BCUT2D eigenvalue weighted by Gasteiger charge is 2.25. The number of nitrogens with zero attached hydrogens (tertiary/aromatic N) is 1. The molecule has 0 aliphatic heterocycles. The number of hydrogen-bond acceptors (Lipinski definition) is 6. The zero-order valence-electron chi connectivity index (χ0n) is 23.6. The number of amides is 2. The van der Waals surface area contributed by atoms with Crippen molar-refractivity contribution in [1.29, 1.82) is 0 Å². The quantitative estimate of drug-likeness (QED) is 0.137. The van der Waals surface area contributed by atoms with Crippen LogP contribution in [0.3, 0.4) is 0 Å². The molecule has 0 heterocycles. The molecule has 43 heavy (non-hydrogen) atoms. The van der Waals surface area contributed by atoms with Crippen LogP contribution in [0.25, 0.3) is 0 Å². The van der Waals surface area contributed by atoms with E-state index in [2.05, 4.69) is 15.8 Å². The van der Waals surface area contributed by atoms with E-state index in [9.17, 15) is 9.59 Å². The predicted molar refractivity (Wildman–Crippen MR) is 168 cm³/mol. The van der Waals surface area contributed by atoms with Gasteiger partial charge in [0.15, 0.2) is 17.6 Å². The molecule has 0 aliphatic carbocycles. The minimum atomic E-state index is -0.941. The monoisotopic (exact) mass is 619 g/mol. The van der Waals surface area contributed by atoms with E-state index in [1.54, 1.807) is 44.4 Å². The molecule has 10 heteroatoms. The van der Waals surface area contributed by atoms with Crippen LogP contribution < -0.4 is 25.0 Å². The van der Waals surface area contributed by atoms with Crippen molar-refractivity contribution in [2.24, 2.45) is 5.10 Å². The molecular weight excluding hydrogens is 589 g/mol. The van der Waals surface area contributed by atoms with Gasteiger partial charge in [0.1, 0.15) is 18.4 Å². The third kappa shape index (κ3) is 9.49. The Morgan fingerprint density at radius 1 is 0.837 bits per heavy atom. The smallest absolute Gasteiger partial charge is 0.262 e. The van der Waals surface area contributed by atoms with Crippen LogP contribution in [0.15, 0.2) is 102 Å². The lowest BCUT2D eigenvalue weighted by Crippen LogP contribution is -2.50. The molecule has 2 atom stereocenters. The van der Waals surface area contributed by atoms with Gasteiger partial charge in [0, 0.05) is 11.4 Å². The Balaban J connectivity index is 1.40. The summed E-state index contributed by atoms with van der Waals surface area (Å²) in [5, 5.41) is 7.59. The fraction of sp³-hybridized carbons (Fsp3) is 0.182. The van der Waals surface area contributed by atoms with Crippen molar-refractivity contribution < 1.29 is 23.8 Å². The molecule has 0 saturated carbocycles. The van der Waals surface area contributed by atoms with Crippen LogP contribution in [-0.2, 0) is 22.6 Å². The standard InChI is InChI=1S/C33H31Cl2N3O5/c1-22(43-29-16-14-26(34)19-27(29)35)32(39)37-28(17-23-9-5-3-6-10-23)33(40)38-36-20-25-13-15-30(31(18-25)41-2)42-21-24-11-7-4-8-12-24/h3-16,18-20,22,28H,17,21H2,1-2H3,(H,37,39)(H,38,40)/b36-20-/t22-,28-/m1/s1. The Bertz CT molecular complexity index is 1550. The lowest BCUT2D eigenvalue weighted by atomic mass is 10.1. The second-order valence-corrected chi connectivity index (χ2v) is 10.3. The van der Waals surface area contributed by atoms with Crippen molar-refractivity contribution in [2.45, 2.75) is 32.1 Å².